The molecule has 1 aromatic carbocycles. The summed E-state index contributed by atoms with van der Waals surface area (Å²) < 4.78 is 0. The van der Waals surface area contributed by atoms with Crippen molar-refractivity contribution in [3.05, 3.63) is 30.0 Å². The van der Waals surface area contributed by atoms with Gasteiger partial charge in [0.1, 0.15) is 0 Å². The first-order valence-electron chi connectivity index (χ1n) is 5.60. The Hall–Kier alpha value is -2.17. The van der Waals surface area contributed by atoms with E-state index in [-0.39, 0.29) is 0 Å². The molecule has 86 valence electrons. The van der Waals surface area contributed by atoms with E-state index in [1.54, 1.807) is 6.20 Å². The highest BCUT2D eigenvalue weighted by molar-refractivity contribution is 5.94. The van der Waals surface area contributed by atoms with Gasteiger partial charge in [-0.15, -0.1) is 0 Å². The molecule has 2 aromatic rings. The van der Waals surface area contributed by atoms with Crippen LogP contribution in [0.5, 0.6) is 0 Å². The quantitative estimate of drug-likeness (QED) is 0.771. The Morgan fingerprint density at radius 3 is 3.06 bits per heavy atom. The summed E-state index contributed by atoms with van der Waals surface area (Å²) in [5, 5.41) is 6.25. The van der Waals surface area contributed by atoms with Crippen LogP contribution in [0.2, 0.25) is 0 Å². The van der Waals surface area contributed by atoms with Gasteiger partial charge in [0.2, 0.25) is 0 Å². The fraction of sp³-hybridized carbons (Fsp3) is 0.250. The molecule has 2 N–H and O–H groups in total. The number of guanidine groups is 1. The molecular weight excluding hydrogens is 214 g/mol. The number of benzene rings is 1. The maximum atomic E-state index is 4.49. The van der Waals surface area contributed by atoms with E-state index in [2.05, 4.69) is 25.6 Å². The number of hydrogen-bond acceptors (Lipinski definition) is 5. The van der Waals surface area contributed by atoms with Gasteiger partial charge in [-0.2, -0.15) is 0 Å². The fourth-order valence-corrected chi connectivity index (χ4v) is 1.78. The average Bonchev–Trinajstić information content (AvgIpc) is 2.82. The largest absolute Gasteiger partial charge is 0.354 e. The van der Waals surface area contributed by atoms with Gasteiger partial charge in [-0.05, 0) is 24.6 Å². The molecule has 0 radical (unpaired) electrons. The van der Waals surface area contributed by atoms with Crippen LogP contribution in [0.3, 0.4) is 0 Å². The van der Waals surface area contributed by atoms with Crippen molar-refractivity contribution in [2.24, 2.45) is 4.99 Å². The summed E-state index contributed by atoms with van der Waals surface area (Å²) >= 11 is 0. The van der Waals surface area contributed by atoms with E-state index in [1.807, 2.05) is 25.1 Å². The van der Waals surface area contributed by atoms with Gasteiger partial charge in [-0.1, -0.05) is 6.07 Å². The van der Waals surface area contributed by atoms with Crippen LogP contribution in [0, 0.1) is 6.92 Å². The minimum atomic E-state index is 0.717. The zero-order valence-electron chi connectivity index (χ0n) is 9.57. The first-order valence-corrected chi connectivity index (χ1v) is 5.60. The number of nitrogens with one attached hydrogen (secondary N) is 2. The highest BCUT2D eigenvalue weighted by Crippen LogP contribution is 2.13. The van der Waals surface area contributed by atoms with Crippen molar-refractivity contribution in [2.75, 3.05) is 18.4 Å². The van der Waals surface area contributed by atoms with Gasteiger partial charge < -0.3 is 10.6 Å². The van der Waals surface area contributed by atoms with Crippen LogP contribution in [0.15, 0.2) is 29.4 Å². The lowest BCUT2D eigenvalue weighted by atomic mass is 10.2. The first-order chi connectivity index (χ1) is 8.31. The van der Waals surface area contributed by atoms with Crippen molar-refractivity contribution in [3.8, 4) is 0 Å². The molecule has 0 saturated carbocycles. The smallest absolute Gasteiger partial charge is 0.197 e. The molecule has 0 amide bonds. The Balaban J connectivity index is 1.93. The average molecular weight is 227 g/mol. The van der Waals surface area contributed by atoms with E-state index in [4.69, 9.17) is 0 Å². The standard InChI is InChI=1S/C12H13N5/c1-8-2-3-9-10(6-8)15-7-11(16-9)17-12-13-4-5-14-12/h2-3,6-7H,4-5H2,1H3,(H2,13,14,16,17). The van der Waals surface area contributed by atoms with Gasteiger partial charge in [0.15, 0.2) is 11.8 Å². The Bertz CT molecular complexity index is 590. The van der Waals surface area contributed by atoms with Crippen molar-refractivity contribution < 1.29 is 0 Å². The number of rotatable bonds is 1. The Labute approximate surface area is 99.0 Å². The van der Waals surface area contributed by atoms with Crippen LogP contribution >= 0.6 is 0 Å². The summed E-state index contributed by atoms with van der Waals surface area (Å²) in [6.45, 7) is 3.73. The molecule has 0 unspecified atom stereocenters. The summed E-state index contributed by atoms with van der Waals surface area (Å²) in [7, 11) is 0. The maximum Gasteiger partial charge on any atom is 0.197 e. The van der Waals surface area contributed by atoms with Crippen molar-refractivity contribution >= 4 is 22.8 Å². The molecule has 5 heteroatoms. The Kier molecular flexibility index (Phi) is 2.36. The van der Waals surface area contributed by atoms with Crippen molar-refractivity contribution in [1.29, 1.82) is 0 Å². The van der Waals surface area contributed by atoms with E-state index in [1.165, 1.54) is 5.56 Å². The molecule has 5 nitrogen and oxygen atoms in total. The van der Waals surface area contributed by atoms with Crippen molar-refractivity contribution in [2.45, 2.75) is 6.92 Å². The predicted octanol–water partition coefficient (Wildman–Crippen LogP) is 1.31. The lowest BCUT2D eigenvalue weighted by molar-refractivity contribution is 0.958. The minimum absolute atomic E-state index is 0.717. The van der Waals surface area contributed by atoms with E-state index < -0.39 is 0 Å². The van der Waals surface area contributed by atoms with Crippen LogP contribution < -0.4 is 10.6 Å². The molecule has 0 fully saturated rings. The highest BCUT2D eigenvalue weighted by atomic mass is 15.2. The topological polar surface area (TPSA) is 62.2 Å². The summed E-state index contributed by atoms with van der Waals surface area (Å²) in [6, 6.07) is 6.04. The monoisotopic (exact) mass is 227 g/mol. The van der Waals surface area contributed by atoms with Gasteiger partial charge in [0.25, 0.3) is 0 Å². The number of aryl methyl sites for hydroxylation is 1. The third kappa shape index (κ3) is 2.04. The van der Waals surface area contributed by atoms with Gasteiger partial charge >= 0.3 is 0 Å². The Morgan fingerprint density at radius 2 is 2.24 bits per heavy atom. The Morgan fingerprint density at radius 1 is 1.29 bits per heavy atom. The summed E-state index contributed by atoms with van der Waals surface area (Å²) in [5.74, 6) is 1.49. The van der Waals surface area contributed by atoms with Gasteiger partial charge in [-0.25, -0.2) is 4.98 Å². The van der Waals surface area contributed by atoms with Crippen LogP contribution in [-0.2, 0) is 0 Å². The third-order valence-corrected chi connectivity index (χ3v) is 2.62. The highest BCUT2D eigenvalue weighted by Gasteiger charge is 2.06. The molecule has 0 aliphatic carbocycles. The second-order valence-corrected chi connectivity index (χ2v) is 4.03. The van der Waals surface area contributed by atoms with Gasteiger partial charge in [0, 0.05) is 6.54 Å². The fourth-order valence-electron chi connectivity index (χ4n) is 1.78. The number of nitrogens with zero attached hydrogens (tertiary/aromatic N) is 3. The molecule has 0 saturated heterocycles. The molecule has 3 rings (SSSR count). The molecule has 1 aromatic heterocycles. The van der Waals surface area contributed by atoms with Crippen LogP contribution in [-0.4, -0.2) is 29.0 Å². The third-order valence-electron chi connectivity index (χ3n) is 2.62. The predicted molar refractivity (Wildman–Crippen MR) is 68.2 cm³/mol. The lowest BCUT2D eigenvalue weighted by Gasteiger charge is -2.06. The number of hydrogen-bond donors (Lipinski definition) is 2. The molecular formula is C12H13N5. The second kappa shape index (κ2) is 4.01. The lowest BCUT2D eigenvalue weighted by Crippen LogP contribution is -2.26. The number of aliphatic imine (C=N–C) groups is 1. The van der Waals surface area contributed by atoms with Crippen LogP contribution in [0.25, 0.3) is 11.0 Å². The van der Waals surface area contributed by atoms with Crippen molar-refractivity contribution in [1.82, 2.24) is 15.3 Å². The molecule has 0 bridgehead atoms. The summed E-state index contributed by atoms with van der Waals surface area (Å²) in [6.07, 6.45) is 1.73. The summed E-state index contributed by atoms with van der Waals surface area (Å²) in [4.78, 5) is 13.1. The number of anilines is 1. The number of fused-ring (bicyclic) bond motifs is 1. The molecule has 2 heterocycles. The zero-order valence-corrected chi connectivity index (χ0v) is 9.57. The molecule has 1 aliphatic rings. The van der Waals surface area contributed by atoms with Crippen LogP contribution in [0.4, 0.5) is 5.82 Å². The molecule has 0 spiro atoms. The van der Waals surface area contributed by atoms with E-state index in [0.29, 0.717) is 0 Å². The minimum Gasteiger partial charge on any atom is -0.354 e. The van der Waals surface area contributed by atoms with Crippen LogP contribution in [0.1, 0.15) is 5.56 Å². The maximum absolute atomic E-state index is 4.49. The van der Waals surface area contributed by atoms with E-state index in [0.717, 1.165) is 35.9 Å². The SMILES string of the molecule is Cc1ccc2nc(NC3=NCCN3)cnc2c1. The van der Waals surface area contributed by atoms with E-state index >= 15 is 0 Å². The van der Waals surface area contributed by atoms with Gasteiger partial charge in [-0.3, -0.25) is 9.98 Å². The van der Waals surface area contributed by atoms with Gasteiger partial charge in [0.05, 0.1) is 23.8 Å². The first kappa shape index (κ1) is 10.0. The summed E-state index contributed by atoms with van der Waals surface area (Å²) in [5.41, 5.74) is 2.99. The number of aromatic nitrogens is 2. The van der Waals surface area contributed by atoms with E-state index in [9.17, 15) is 0 Å². The molecule has 1 aliphatic heterocycles. The normalized spacial score (nSPS) is 14.5. The zero-order chi connectivity index (χ0) is 11.7. The molecule has 17 heavy (non-hydrogen) atoms. The second-order valence-electron chi connectivity index (χ2n) is 4.03. The van der Waals surface area contributed by atoms with Crippen molar-refractivity contribution in [3.63, 3.8) is 0 Å². The molecule has 0 atom stereocenters.